The highest BCUT2D eigenvalue weighted by atomic mass is 16.3. The number of aromatic hydroxyl groups is 1. The number of benzene rings is 1. The van der Waals surface area contributed by atoms with Crippen LogP contribution in [0.3, 0.4) is 0 Å². The van der Waals surface area contributed by atoms with Crippen molar-refractivity contribution in [1.82, 2.24) is 10.6 Å². The molecule has 0 saturated heterocycles. The largest absolute Gasteiger partial charge is 0.507 e. The van der Waals surface area contributed by atoms with Crippen molar-refractivity contribution < 1.29 is 14.7 Å². The van der Waals surface area contributed by atoms with Crippen LogP contribution in [0.2, 0.25) is 0 Å². The molecule has 130 valence electrons. The minimum atomic E-state index is -0.679. The Balaban J connectivity index is 2.31. The van der Waals surface area contributed by atoms with Crippen LogP contribution < -0.4 is 22.1 Å². The van der Waals surface area contributed by atoms with E-state index in [1.807, 2.05) is 0 Å². The summed E-state index contributed by atoms with van der Waals surface area (Å²) < 4.78 is 0. The molecule has 0 bridgehead atoms. The number of guanidine groups is 1. The van der Waals surface area contributed by atoms with Crippen molar-refractivity contribution in [3.05, 3.63) is 35.9 Å². The standard InChI is InChI=1S/C16H23N5O3/c17-12(5-3-9-20-16(18)19)14(23)10-21-15(24)8-7-11-4-1-2-6-13(11)22/h1-2,4,6-8,12,22H,3,5,9-10,17H2,(H,21,24)(H4,18,19,20)/b8-7-/t12-/m0/s1. The summed E-state index contributed by atoms with van der Waals surface area (Å²) in [5.74, 6) is -0.781. The molecule has 0 heterocycles. The number of Topliss-reactive ketones (excluding diaryl/α,β-unsaturated/α-hetero) is 1. The van der Waals surface area contributed by atoms with Crippen LogP contribution in [0.25, 0.3) is 6.08 Å². The first kappa shape index (κ1) is 19.2. The second-order valence-electron chi connectivity index (χ2n) is 5.17. The zero-order chi connectivity index (χ0) is 17.9. The molecule has 1 aromatic carbocycles. The predicted octanol–water partition coefficient (Wildman–Crippen LogP) is -0.319. The van der Waals surface area contributed by atoms with E-state index in [9.17, 15) is 14.7 Å². The van der Waals surface area contributed by atoms with E-state index >= 15 is 0 Å². The molecule has 0 unspecified atom stereocenters. The summed E-state index contributed by atoms with van der Waals surface area (Å²) in [5.41, 5.74) is 11.4. The Bertz CT molecular complexity index is 615. The number of ketones is 1. The van der Waals surface area contributed by atoms with E-state index < -0.39 is 11.9 Å². The normalized spacial score (nSPS) is 11.9. The molecular weight excluding hydrogens is 310 g/mol. The highest BCUT2D eigenvalue weighted by molar-refractivity contribution is 5.95. The highest BCUT2D eigenvalue weighted by Gasteiger charge is 2.13. The summed E-state index contributed by atoms with van der Waals surface area (Å²) in [6.45, 7) is 0.303. The third-order valence-corrected chi connectivity index (χ3v) is 3.21. The lowest BCUT2D eigenvalue weighted by Gasteiger charge is -2.11. The van der Waals surface area contributed by atoms with Gasteiger partial charge in [0.25, 0.3) is 0 Å². The van der Waals surface area contributed by atoms with Crippen molar-refractivity contribution >= 4 is 23.7 Å². The van der Waals surface area contributed by atoms with Gasteiger partial charge in [-0.15, -0.1) is 0 Å². The number of phenols is 1. The molecular formula is C16H23N5O3. The number of nitrogens with one attached hydrogen (secondary N) is 3. The summed E-state index contributed by atoms with van der Waals surface area (Å²) >= 11 is 0. The van der Waals surface area contributed by atoms with Gasteiger partial charge in [-0.3, -0.25) is 15.0 Å². The van der Waals surface area contributed by atoms with Gasteiger partial charge < -0.3 is 27.2 Å². The molecule has 0 aromatic heterocycles. The van der Waals surface area contributed by atoms with Crippen molar-refractivity contribution in [2.75, 3.05) is 13.1 Å². The third-order valence-electron chi connectivity index (χ3n) is 3.21. The molecule has 0 saturated carbocycles. The number of rotatable bonds is 9. The Morgan fingerprint density at radius 1 is 1.29 bits per heavy atom. The molecule has 0 aliphatic rings. The fraction of sp³-hybridized carbons (Fsp3) is 0.312. The number of carbonyl (C=O) groups is 2. The quantitative estimate of drug-likeness (QED) is 0.157. The summed E-state index contributed by atoms with van der Waals surface area (Å²) in [5, 5.41) is 21.6. The third kappa shape index (κ3) is 7.41. The van der Waals surface area contributed by atoms with Gasteiger partial charge in [0.05, 0.1) is 12.6 Å². The Morgan fingerprint density at radius 3 is 2.67 bits per heavy atom. The van der Waals surface area contributed by atoms with E-state index in [0.29, 0.717) is 24.9 Å². The van der Waals surface area contributed by atoms with Crippen molar-refractivity contribution in [2.24, 2.45) is 11.5 Å². The smallest absolute Gasteiger partial charge is 0.244 e. The van der Waals surface area contributed by atoms with Gasteiger partial charge in [-0.25, -0.2) is 0 Å². The zero-order valence-corrected chi connectivity index (χ0v) is 13.3. The molecule has 1 aromatic rings. The average Bonchev–Trinajstić information content (AvgIpc) is 2.55. The lowest BCUT2D eigenvalue weighted by molar-refractivity contribution is -0.123. The second-order valence-corrected chi connectivity index (χ2v) is 5.17. The van der Waals surface area contributed by atoms with E-state index in [1.165, 1.54) is 18.2 Å². The lowest BCUT2D eigenvalue weighted by atomic mass is 10.1. The maximum absolute atomic E-state index is 11.8. The fourth-order valence-electron chi connectivity index (χ4n) is 1.86. The summed E-state index contributed by atoms with van der Waals surface area (Å²) in [6, 6.07) is 5.91. The van der Waals surface area contributed by atoms with Crippen LogP contribution in [0.15, 0.2) is 30.3 Å². The Morgan fingerprint density at radius 2 is 2.00 bits per heavy atom. The van der Waals surface area contributed by atoms with Crippen LogP contribution >= 0.6 is 0 Å². The maximum atomic E-state index is 11.8. The van der Waals surface area contributed by atoms with E-state index in [-0.39, 0.29) is 24.0 Å². The SMILES string of the molecule is N=C(N)NCCC[C@H](N)C(=O)CNC(=O)/C=C\c1ccccc1O. The van der Waals surface area contributed by atoms with Gasteiger partial charge in [0.15, 0.2) is 11.7 Å². The van der Waals surface area contributed by atoms with E-state index in [2.05, 4.69) is 10.6 Å². The van der Waals surface area contributed by atoms with Gasteiger partial charge in [0.2, 0.25) is 5.91 Å². The predicted molar refractivity (Wildman–Crippen MR) is 92.3 cm³/mol. The van der Waals surface area contributed by atoms with Crippen LogP contribution in [-0.4, -0.2) is 41.9 Å². The summed E-state index contributed by atoms with van der Waals surface area (Å²) in [6.07, 6.45) is 3.73. The van der Waals surface area contributed by atoms with E-state index in [4.69, 9.17) is 16.9 Å². The highest BCUT2D eigenvalue weighted by Crippen LogP contribution is 2.16. The average molecular weight is 333 g/mol. The number of phenolic OH excluding ortho intramolecular Hbond substituents is 1. The van der Waals surface area contributed by atoms with Crippen LogP contribution in [0.1, 0.15) is 18.4 Å². The van der Waals surface area contributed by atoms with Crippen molar-refractivity contribution in [2.45, 2.75) is 18.9 Å². The minimum absolute atomic E-state index is 0.0684. The van der Waals surface area contributed by atoms with Crippen molar-refractivity contribution in [3.63, 3.8) is 0 Å². The molecule has 1 rings (SSSR count). The van der Waals surface area contributed by atoms with Gasteiger partial charge in [-0.05, 0) is 25.0 Å². The second kappa shape index (κ2) is 10.0. The van der Waals surface area contributed by atoms with Crippen molar-refractivity contribution in [1.29, 1.82) is 5.41 Å². The van der Waals surface area contributed by atoms with Crippen LogP contribution in [0.5, 0.6) is 5.75 Å². The molecule has 8 N–H and O–H groups in total. The molecule has 8 heteroatoms. The van der Waals surface area contributed by atoms with Crippen LogP contribution in [0, 0.1) is 5.41 Å². The number of nitrogens with two attached hydrogens (primary N) is 2. The molecule has 0 spiro atoms. The first-order chi connectivity index (χ1) is 11.4. The molecule has 0 fully saturated rings. The number of carbonyl (C=O) groups excluding carboxylic acids is 2. The van der Waals surface area contributed by atoms with E-state index in [0.717, 1.165) is 0 Å². The first-order valence-electron chi connectivity index (χ1n) is 7.50. The molecule has 1 amide bonds. The number of hydrogen-bond acceptors (Lipinski definition) is 5. The van der Waals surface area contributed by atoms with Crippen molar-refractivity contribution in [3.8, 4) is 5.75 Å². The number of amides is 1. The van der Waals surface area contributed by atoms with Crippen LogP contribution in [0.4, 0.5) is 0 Å². The topological polar surface area (TPSA) is 154 Å². The Hall–Kier alpha value is -2.87. The zero-order valence-electron chi connectivity index (χ0n) is 13.3. The molecule has 0 aliphatic carbocycles. The summed E-state index contributed by atoms with van der Waals surface area (Å²) in [7, 11) is 0. The fourth-order valence-corrected chi connectivity index (χ4v) is 1.86. The summed E-state index contributed by atoms with van der Waals surface area (Å²) in [4.78, 5) is 23.5. The monoisotopic (exact) mass is 333 g/mol. The van der Waals surface area contributed by atoms with Gasteiger partial charge in [-0.2, -0.15) is 0 Å². The first-order valence-corrected chi connectivity index (χ1v) is 7.50. The van der Waals surface area contributed by atoms with Gasteiger partial charge in [-0.1, -0.05) is 18.2 Å². The Labute approximate surface area is 140 Å². The Kier molecular flexibility index (Phi) is 8.00. The lowest BCUT2D eigenvalue weighted by Crippen LogP contribution is -2.40. The molecule has 24 heavy (non-hydrogen) atoms. The molecule has 1 atom stereocenters. The maximum Gasteiger partial charge on any atom is 0.244 e. The van der Waals surface area contributed by atoms with Gasteiger partial charge >= 0.3 is 0 Å². The van der Waals surface area contributed by atoms with Gasteiger partial charge in [0.1, 0.15) is 5.75 Å². The molecule has 0 radical (unpaired) electrons. The van der Waals surface area contributed by atoms with E-state index in [1.54, 1.807) is 18.2 Å². The number of hydrogen-bond donors (Lipinski definition) is 6. The number of para-hydroxylation sites is 1. The minimum Gasteiger partial charge on any atom is -0.507 e. The van der Waals surface area contributed by atoms with Crippen LogP contribution in [-0.2, 0) is 9.59 Å². The molecule has 8 nitrogen and oxygen atoms in total. The van der Waals surface area contributed by atoms with Gasteiger partial charge in [0, 0.05) is 18.2 Å². The molecule has 0 aliphatic heterocycles.